The van der Waals surface area contributed by atoms with E-state index in [1.807, 2.05) is 18.2 Å². The minimum atomic E-state index is 1.04. The Balaban J connectivity index is 2.18. The third-order valence-corrected chi connectivity index (χ3v) is 4.07. The predicted molar refractivity (Wildman–Crippen MR) is 72.8 cm³/mol. The minimum Gasteiger partial charge on any atom is -0.247 e. The number of benzene rings is 1. The second-order valence-corrected chi connectivity index (χ2v) is 5.96. The Bertz CT molecular complexity index is 645. The summed E-state index contributed by atoms with van der Waals surface area (Å²) in [6, 6.07) is 16.5. The molecule has 2 heterocycles. The van der Waals surface area contributed by atoms with Gasteiger partial charge in [-0.3, -0.25) is 0 Å². The molecule has 0 spiro atoms. The van der Waals surface area contributed by atoms with E-state index >= 15 is 0 Å². The van der Waals surface area contributed by atoms with E-state index < -0.39 is 0 Å². The Labute approximate surface area is 106 Å². The first kappa shape index (κ1) is 10.00. The number of pyridine rings is 1. The van der Waals surface area contributed by atoms with Crippen LogP contribution in [0.2, 0.25) is 0 Å². The highest BCUT2D eigenvalue weighted by molar-refractivity contribution is 9.11. The molecule has 0 fully saturated rings. The summed E-state index contributed by atoms with van der Waals surface area (Å²) in [5, 5.41) is 1.18. The van der Waals surface area contributed by atoms with E-state index in [1.165, 1.54) is 10.3 Å². The summed E-state index contributed by atoms with van der Waals surface area (Å²) < 4.78 is 1.14. The van der Waals surface area contributed by atoms with Crippen molar-refractivity contribution in [1.29, 1.82) is 0 Å². The normalized spacial score (nSPS) is 10.8. The second kappa shape index (κ2) is 4.00. The monoisotopic (exact) mass is 289 g/mol. The van der Waals surface area contributed by atoms with E-state index in [1.54, 1.807) is 11.3 Å². The molecule has 1 aromatic carbocycles. The van der Waals surface area contributed by atoms with Crippen molar-refractivity contribution in [3.63, 3.8) is 0 Å². The smallest absolute Gasteiger partial charge is 0.0809 e. The molecule has 0 saturated carbocycles. The van der Waals surface area contributed by atoms with E-state index in [9.17, 15) is 0 Å². The molecule has 78 valence electrons. The van der Waals surface area contributed by atoms with Gasteiger partial charge in [-0.2, -0.15) is 0 Å². The van der Waals surface area contributed by atoms with Crippen LogP contribution in [0.5, 0.6) is 0 Å². The molecule has 0 atom stereocenters. The molecule has 2 aromatic heterocycles. The summed E-state index contributed by atoms with van der Waals surface area (Å²) in [7, 11) is 0. The number of rotatable bonds is 1. The summed E-state index contributed by atoms with van der Waals surface area (Å²) in [4.78, 5) is 5.84. The molecule has 0 saturated heterocycles. The Hall–Kier alpha value is -1.19. The van der Waals surface area contributed by atoms with Crippen molar-refractivity contribution in [3.05, 3.63) is 52.3 Å². The minimum absolute atomic E-state index is 1.04. The van der Waals surface area contributed by atoms with Crippen LogP contribution in [0.3, 0.4) is 0 Å². The van der Waals surface area contributed by atoms with Crippen molar-refractivity contribution in [2.45, 2.75) is 0 Å². The Morgan fingerprint density at radius 3 is 2.62 bits per heavy atom. The lowest BCUT2D eigenvalue weighted by atomic mass is 10.2. The topological polar surface area (TPSA) is 12.9 Å². The van der Waals surface area contributed by atoms with Crippen molar-refractivity contribution in [1.82, 2.24) is 4.98 Å². The number of hydrogen-bond acceptors (Lipinski definition) is 2. The van der Waals surface area contributed by atoms with Gasteiger partial charge in [-0.15, -0.1) is 11.3 Å². The van der Waals surface area contributed by atoms with Crippen LogP contribution in [-0.4, -0.2) is 4.98 Å². The first-order valence-electron chi connectivity index (χ1n) is 4.94. The fourth-order valence-corrected chi connectivity index (χ4v) is 3.01. The first-order valence-corrected chi connectivity index (χ1v) is 6.55. The summed E-state index contributed by atoms with van der Waals surface area (Å²) in [6.45, 7) is 0. The van der Waals surface area contributed by atoms with Crippen LogP contribution in [0.4, 0.5) is 0 Å². The molecule has 0 radical (unpaired) electrons. The van der Waals surface area contributed by atoms with Gasteiger partial charge in [0.05, 0.1) is 19.9 Å². The molecule has 0 aliphatic carbocycles. The highest BCUT2D eigenvalue weighted by Gasteiger charge is 2.03. The highest BCUT2D eigenvalue weighted by Crippen LogP contribution is 2.30. The van der Waals surface area contributed by atoms with E-state index in [4.69, 9.17) is 0 Å². The second-order valence-electron chi connectivity index (χ2n) is 3.49. The zero-order valence-corrected chi connectivity index (χ0v) is 10.8. The first-order chi connectivity index (χ1) is 7.83. The number of aromatic nitrogens is 1. The van der Waals surface area contributed by atoms with Crippen LogP contribution in [0.15, 0.2) is 52.3 Å². The van der Waals surface area contributed by atoms with Crippen LogP contribution >= 0.6 is 27.3 Å². The zero-order valence-electron chi connectivity index (χ0n) is 8.35. The molecule has 3 heteroatoms. The van der Waals surface area contributed by atoms with Gasteiger partial charge in [0.2, 0.25) is 0 Å². The average Bonchev–Trinajstić information content (AvgIpc) is 2.75. The number of para-hydroxylation sites is 1. The lowest BCUT2D eigenvalue weighted by Crippen LogP contribution is -1.81. The largest absolute Gasteiger partial charge is 0.247 e. The van der Waals surface area contributed by atoms with Gasteiger partial charge in [0.1, 0.15) is 0 Å². The van der Waals surface area contributed by atoms with E-state index in [0.29, 0.717) is 0 Å². The number of hydrogen-bond donors (Lipinski definition) is 0. The van der Waals surface area contributed by atoms with Crippen LogP contribution in [-0.2, 0) is 0 Å². The molecular formula is C13H8BrNS. The van der Waals surface area contributed by atoms with Crippen LogP contribution < -0.4 is 0 Å². The van der Waals surface area contributed by atoms with Crippen LogP contribution in [0.25, 0.3) is 21.5 Å². The van der Waals surface area contributed by atoms with Gasteiger partial charge in [-0.05, 0) is 40.2 Å². The number of nitrogens with zero attached hydrogens (tertiary/aromatic N) is 1. The predicted octanol–water partition coefficient (Wildman–Crippen LogP) is 4.73. The van der Waals surface area contributed by atoms with Gasteiger partial charge in [-0.25, -0.2) is 4.98 Å². The fraction of sp³-hybridized carbons (Fsp3) is 0. The maximum atomic E-state index is 4.65. The fourth-order valence-electron chi connectivity index (χ4n) is 1.66. The number of thiophene rings is 1. The van der Waals surface area contributed by atoms with E-state index in [-0.39, 0.29) is 0 Å². The van der Waals surface area contributed by atoms with Gasteiger partial charge in [0.15, 0.2) is 0 Å². The molecule has 0 amide bonds. The molecule has 1 nitrogen and oxygen atoms in total. The van der Waals surface area contributed by atoms with Crippen molar-refractivity contribution in [2.24, 2.45) is 0 Å². The molecule has 0 aliphatic rings. The lowest BCUT2D eigenvalue weighted by molar-refractivity contribution is 1.42. The van der Waals surface area contributed by atoms with Crippen molar-refractivity contribution in [3.8, 4) is 10.6 Å². The van der Waals surface area contributed by atoms with Gasteiger partial charge < -0.3 is 0 Å². The quantitative estimate of drug-likeness (QED) is 0.631. The SMILES string of the molecule is Brc1ccc(-c2ccc3ccccc3n2)s1. The molecule has 0 unspecified atom stereocenters. The standard InChI is InChI=1S/C13H8BrNS/c14-13-8-7-12(16-13)11-6-5-9-3-1-2-4-10(9)15-11/h1-8H. The Kier molecular flexibility index (Phi) is 2.50. The van der Waals surface area contributed by atoms with Gasteiger partial charge in [-0.1, -0.05) is 24.3 Å². The Morgan fingerprint density at radius 2 is 1.81 bits per heavy atom. The summed E-state index contributed by atoms with van der Waals surface area (Å²) >= 11 is 5.17. The van der Waals surface area contributed by atoms with Crippen molar-refractivity contribution in [2.75, 3.05) is 0 Å². The van der Waals surface area contributed by atoms with Crippen molar-refractivity contribution < 1.29 is 0 Å². The summed E-state index contributed by atoms with van der Waals surface area (Å²) in [5.74, 6) is 0. The van der Waals surface area contributed by atoms with Gasteiger partial charge in [0.25, 0.3) is 0 Å². The molecular weight excluding hydrogens is 282 g/mol. The molecule has 0 N–H and O–H groups in total. The van der Waals surface area contributed by atoms with Crippen LogP contribution in [0.1, 0.15) is 0 Å². The average molecular weight is 290 g/mol. The molecule has 3 rings (SSSR count). The molecule has 0 bridgehead atoms. The van der Waals surface area contributed by atoms with E-state index in [0.717, 1.165) is 15.0 Å². The lowest BCUT2D eigenvalue weighted by Gasteiger charge is -1.99. The zero-order chi connectivity index (χ0) is 11.0. The summed E-state index contributed by atoms with van der Waals surface area (Å²) in [5.41, 5.74) is 2.08. The number of halogens is 1. The summed E-state index contributed by atoms with van der Waals surface area (Å²) in [6.07, 6.45) is 0. The Morgan fingerprint density at radius 1 is 0.938 bits per heavy atom. The molecule has 16 heavy (non-hydrogen) atoms. The van der Waals surface area contributed by atoms with E-state index in [2.05, 4.69) is 51.2 Å². The maximum Gasteiger partial charge on any atom is 0.0809 e. The van der Waals surface area contributed by atoms with Crippen molar-refractivity contribution >= 4 is 38.2 Å². The molecule has 3 aromatic rings. The molecule has 0 aliphatic heterocycles. The highest BCUT2D eigenvalue weighted by atomic mass is 79.9. The third-order valence-electron chi connectivity index (χ3n) is 2.42. The maximum absolute atomic E-state index is 4.65. The van der Waals surface area contributed by atoms with Gasteiger partial charge >= 0.3 is 0 Å². The number of fused-ring (bicyclic) bond motifs is 1. The van der Waals surface area contributed by atoms with Crippen LogP contribution in [0, 0.1) is 0 Å². The van der Waals surface area contributed by atoms with Gasteiger partial charge in [0, 0.05) is 5.39 Å². The third kappa shape index (κ3) is 1.77.